The number of nitrogens with two attached hydrogens (primary N) is 1. The first-order chi connectivity index (χ1) is 6.68. The van der Waals surface area contributed by atoms with Crippen LogP contribution >= 0.6 is 0 Å². The van der Waals surface area contributed by atoms with E-state index in [0.29, 0.717) is 0 Å². The molecule has 3 N–H and O–H groups in total. The second-order valence-electron chi connectivity index (χ2n) is 3.58. The molecule has 0 amide bonds. The Kier molecular flexibility index (Phi) is 2.04. The van der Waals surface area contributed by atoms with Crippen LogP contribution in [-0.4, -0.2) is 4.98 Å². The molecule has 1 heterocycles. The van der Waals surface area contributed by atoms with E-state index in [-0.39, 0.29) is 0 Å². The molecular formula is C12H14N2. The topological polar surface area (TPSA) is 41.8 Å². The number of hydrogen-bond acceptors (Lipinski definition) is 1. The smallest absolute Gasteiger partial charge is 0.0394 e. The molecule has 2 aromatic rings. The van der Waals surface area contributed by atoms with Crippen LogP contribution in [0.1, 0.15) is 11.4 Å². The molecule has 0 spiro atoms. The average Bonchev–Trinajstić information content (AvgIpc) is 2.46. The highest BCUT2D eigenvalue weighted by atomic mass is 14.7. The summed E-state index contributed by atoms with van der Waals surface area (Å²) < 4.78 is 0. The summed E-state index contributed by atoms with van der Waals surface area (Å²) >= 11 is 0. The zero-order chi connectivity index (χ0) is 10.1. The Morgan fingerprint density at radius 3 is 2.36 bits per heavy atom. The van der Waals surface area contributed by atoms with E-state index in [1.165, 1.54) is 17.0 Å². The molecule has 72 valence electrons. The van der Waals surface area contributed by atoms with Crippen molar-refractivity contribution in [3.8, 4) is 11.1 Å². The summed E-state index contributed by atoms with van der Waals surface area (Å²) in [6.45, 7) is 4.12. The molecule has 0 radical (unpaired) electrons. The van der Waals surface area contributed by atoms with Crippen molar-refractivity contribution in [3.05, 3.63) is 41.7 Å². The van der Waals surface area contributed by atoms with Gasteiger partial charge in [0.1, 0.15) is 0 Å². The highest BCUT2D eigenvalue weighted by Crippen LogP contribution is 2.28. The SMILES string of the molecule is Cc1cc(-c2ccccc2N)c(C)[nH]1. The van der Waals surface area contributed by atoms with Crippen LogP contribution in [0.4, 0.5) is 5.69 Å². The van der Waals surface area contributed by atoms with Crippen LogP contribution < -0.4 is 5.73 Å². The molecule has 0 aliphatic heterocycles. The van der Waals surface area contributed by atoms with E-state index in [2.05, 4.69) is 24.9 Å². The number of anilines is 1. The number of nitrogens with one attached hydrogen (secondary N) is 1. The number of rotatable bonds is 1. The predicted molar refractivity (Wildman–Crippen MR) is 60.1 cm³/mol. The van der Waals surface area contributed by atoms with Crippen LogP contribution in [0.5, 0.6) is 0 Å². The normalized spacial score (nSPS) is 10.4. The second kappa shape index (κ2) is 3.22. The first-order valence-corrected chi connectivity index (χ1v) is 4.69. The summed E-state index contributed by atoms with van der Waals surface area (Å²) in [6, 6.07) is 10.1. The van der Waals surface area contributed by atoms with Gasteiger partial charge in [-0.2, -0.15) is 0 Å². The fraction of sp³-hybridized carbons (Fsp3) is 0.167. The van der Waals surface area contributed by atoms with Gasteiger partial charge in [-0.05, 0) is 26.0 Å². The summed E-state index contributed by atoms with van der Waals surface area (Å²) in [5.41, 5.74) is 11.4. The predicted octanol–water partition coefficient (Wildman–Crippen LogP) is 2.88. The van der Waals surface area contributed by atoms with Gasteiger partial charge in [0.25, 0.3) is 0 Å². The molecule has 0 aliphatic rings. The second-order valence-corrected chi connectivity index (χ2v) is 3.58. The minimum Gasteiger partial charge on any atom is -0.398 e. The van der Waals surface area contributed by atoms with Crippen molar-refractivity contribution in [3.63, 3.8) is 0 Å². The number of para-hydroxylation sites is 1. The van der Waals surface area contributed by atoms with Gasteiger partial charge >= 0.3 is 0 Å². The number of benzene rings is 1. The standard InChI is InChI=1S/C12H14N2/c1-8-7-11(9(2)14-8)10-5-3-4-6-12(10)13/h3-7,14H,13H2,1-2H3. The summed E-state index contributed by atoms with van der Waals surface area (Å²) in [4.78, 5) is 3.28. The number of nitrogen functional groups attached to an aromatic ring is 1. The molecule has 0 saturated heterocycles. The molecular weight excluding hydrogens is 172 g/mol. The van der Waals surface area contributed by atoms with E-state index in [9.17, 15) is 0 Å². The summed E-state index contributed by atoms with van der Waals surface area (Å²) in [5, 5.41) is 0. The van der Waals surface area contributed by atoms with Gasteiger partial charge in [0.15, 0.2) is 0 Å². The van der Waals surface area contributed by atoms with Crippen LogP contribution in [0.2, 0.25) is 0 Å². The Balaban J connectivity index is 2.60. The van der Waals surface area contributed by atoms with Crippen molar-refractivity contribution < 1.29 is 0 Å². The lowest BCUT2D eigenvalue weighted by molar-refractivity contribution is 1.19. The third kappa shape index (κ3) is 1.39. The zero-order valence-electron chi connectivity index (χ0n) is 8.46. The molecule has 14 heavy (non-hydrogen) atoms. The summed E-state index contributed by atoms with van der Waals surface area (Å²) in [5.74, 6) is 0. The number of aryl methyl sites for hydroxylation is 2. The van der Waals surface area contributed by atoms with E-state index in [4.69, 9.17) is 5.73 Å². The Bertz CT molecular complexity index is 455. The van der Waals surface area contributed by atoms with E-state index >= 15 is 0 Å². The largest absolute Gasteiger partial charge is 0.398 e. The Morgan fingerprint density at radius 2 is 1.79 bits per heavy atom. The lowest BCUT2D eigenvalue weighted by Crippen LogP contribution is -1.89. The van der Waals surface area contributed by atoms with Gasteiger partial charge in [0.2, 0.25) is 0 Å². The van der Waals surface area contributed by atoms with Gasteiger partial charge in [0, 0.05) is 28.2 Å². The number of aromatic amines is 1. The average molecular weight is 186 g/mol. The molecule has 2 nitrogen and oxygen atoms in total. The third-order valence-corrected chi connectivity index (χ3v) is 2.40. The summed E-state index contributed by atoms with van der Waals surface area (Å²) in [7, 11) is 0. The molecule has 0 atom stereocenters. The van der Waals surface area contributed by atoms with Crippen molar-refractivity contribution >= 4 is 5.69 Å². The van der Waals surface area contributed by atoms with Crippen molar-refractivity contribution in [1.82, 2.24) is 4.98 Å². The van der Waals surface area contributed by atoms with E-state index in [1.54, 1.807) is 0 Å². The first kappa shape index (κ1) is 8.88. The Morgan fingerprint density at radius 1 is 1.07 bits per heavy atom. The van der Waals surface area contributed by atoms with Gasteiger partial charge in [-0.25, -0.2) is 0 Å². The minimum atomic E-state index is 0.828. The van der Waals surface area contributed by atoms with Crippen LogP contribution in [0.15, 0.2) is 30.3 Å². The lowest BCUT2D eigenvalue weighted by Gasteiger charge is -2.03. The molecule has 0 unspecified atom stereocenters. The van der Waals surface area contributed by atoms with Crippen LogP contribution in [0.25, 0.3) is 11.1 Å². The van der Waals surface area contributed by atoms with Crippen molar-refractivity contribution in [2.75, 3.05) is 5.73 Å². The van der Waals surface area contributed by atoms with Crippen LogP contribution in [-0.2, 0) is 0 Å². The minimum absolute atomic E-state index is 0.828. The molecule has 0 bridgehead atoms. The molecule has 1 aromatic heterocycles. The van der Waals surface area contributed by atoms with Gasteiger partial charge < -0.3 is 10.7 Å². The van der Waals surface area contributed by atoms with Gasteiger partial charge in [-0.3, -0.25) is 0 Å². The molecule has 2 rings (SSSR count). The molecule has 2 heteroatoms. The van der Waals surface area contributed by atoms with E-state index in [1.807, 2.05) is 24.3 Å². The maximum atomic E-state index is 5.92. The molecule has 1 aromatic carbocycles. The molecule has 0 saturated carbocycles. The highest BCUT2D eigenvalue weighted by molar-refractivity contribution is 5.78. The van der Waals surface area contributed by atoms with Crippen LogP contribution in [0.3, 0.4) is 0 Å². The first-order valence-electron chi connectivity index (χ1n) is 4.69. The lowest BCUT2D eigenvalue weighted by atomic mass is 10.0. The maximum Gasteiger partial charge on any atom is 0.0394 e. The maximum absolute atomic E-state index is 5.92. The molecule has 0 aliphatic carbocycles. The quantitative estimate of drug-likeness (QED) is 0.661. The number of H-pyrrole nitrogens is 1. The van der Waals surface area contributed by atoms with E-state index < -0.39 is 0 Å². The van der Waals surface area contributed by atoms with Crippen molar-refractivity contribution in [1.29, 1.82) is 0 Å². The fourth-order valence-corrected chi connectivity index (χ4v) is 1.75. The van der Waals surface area contributed by atoms with E-state index in [0.717, 1.165) is 11.3 Å². The summed E-state index contributed by atoms with van der Waals surface area (Å²) in [6.07, 6.45) is 0. The van der Waals surface area contributed by atoms with Crippen molar-refractivity contribution in [2.24, 2.45) is 0 Å². The fourth-order valence-electron chi connectivity index (χ4n) is 1.75. The zero-order valence-corrected chi connectivity index (χ0v) is 8.46. The number of hydrogen-bond donors (Lipinski definition) is 2. The Hall–Kier alpha value is -1.70. The third-order valence-electron chi connectivity index (χ3n) is 2.40. The number of aromatic nitrogens is 1. The monoisotopic (exact) mass is 186 g/mol. The van der Waals surface area contributed by atoms with Gasteiger partial charge in [-0.15, -0.1) is 0 Å². The van der Waals surface area contributed by atoms with Crippen LogP contribution in [0, 0.1) is 13.8 Å². The van der Waals surface area contributed by atoms with Crippen molar-refractivity contribution in [2.45, 2.75) is 13.8 Å². The Labute approximate surface area is 83.8 Å². The highest BCUT2D eigenvalue weighted by Gasteiger charge is 2.06. The van der Waals surface area contributed by atoms with Gasteiger partial charge in [-0.1, -0.05) is 18.2 Å². The molecule has 0 fully saturated rings. The van der Waals surface area contributed by atoms with Gasteiger partial charge in [0.05, 0.1) is 0 Å².